The molecular weight excluding hydrogens is 452 g/mol. The van der Waals surface area contributed by atoms with Gasteiger partial charge in [-0.3, -0.25) is 0 Å². The molecule has 11 heteroatoms. The summed E-state index contributed by atoms with van der Waals surface area (Å²) in [6.45, 7) is 2.07. The van der Waals surface area contributed by atoms with Crippen molar-refractivity contribution in [1.29, 1.82) is 0 Å². The Morgan fingerprint density at radius 1 is 1.14 bits per heavy atom. The number of alkyl halides is 3. The van der Waals surface area contributed by atoms with Crippen LogP contribution in [0, 0.1) is 6.92 Å². The number of benzene rings is 2. The summed E-state index contributed by atoms with van der Waals surface area (Å²) in [5.74, 6) is -0.628. The number of halogens is 5. The number of imidazole rings is 1. The third-order valence-corrected chi connectivity index (χ3v) is 5.86. The van der Waals surface area contributed by atoms with Crippen molar-refractivity contribution >= 4 is 44.4 Å². The molecule has 0 unspecified atom stereocenters. The van der Waals surface area contributed by atoms with Gasteiger partial charge in [0.1, 0.15) is 11.6 Å². The van der Waals surface area contributed by atoms with Gasteiger partial charge < -0.3 is 8.75 Å². The Bertz CT molecular complexity index is 1160. The summed E-state index contributed by atoms with van der Waals surface area (Å²) in [6.07, 6.45) is -6.08. The maximum Gasteiger partial charge on any atom is 0.390 e. The second kappa shape index (κ2) is 8.04. The van der Waals surface area contributed by atoms with Crippen molar-refractivity contribution in [1.82, 2.24) is 9.55 Å². The molecule has 2 aromatic carbocycles. The van der Waals surface area contributed by atoms with E-state index in [1.54, 1.807) is 29.7 Å². The number of hydrogen-bond donors (Lipinski definition) is 0. The maximum absolute atomic E-state index is 12.3. The fraction of sp³-hybridized carbons (Fsp3) is 0.278. The van der Waals surface area contributed by atoms with Gasteiger partial charge in [0, 0.05) is 16.1 Å². The van der Waals surface area contributed by atoms with E-state index in [4.69, 9.17) is 27.4 Å². The highest BCUT2D eigenvalue weighted by Gasteiger charge is 2.30. The third kappa shape index (κ3) is 5.55. The lowest BCUT2D eigenvalue weighted by Gasteiger charge is -2.11. The van der Waals surface area contributed by atoms with Crippen LogP contribution in [-0.2, 0) is 16.7 Å². The SMILES string of the molecule is Cc1nc2ccc(OS(=O)(=O)CCC(F)(F)F)cc2n1Cc1cc(Cl)ccc1Cl. The lowest BCUT2D eigenvalue weighted by atomic mass is 10.2. The van der Waals surface area contributed by atoms with Crippen LogP contribution in [0.2, 0.25) is 10.0 Å². The molecule has 5 nitrogen and oxygen atoms in total. The van der Waals surface area contributed by atoms with Crippen LogP contribution in [0.5, 0.6) is 5.75 Å². The zero-order valence-corrected chi connectivity index (χ0v) is 17.3. The van der Waals surface area contributed by atoms with Crippen LogP contribution in [-0.4, -0.2) is 29.9 Å². The number of aromatic nitrogens is 2. The van der Waals surface area contributed by atoms with Gasteiger partial charge in [-0.15, -0.1) is 0 Å². The highest BCUT2D eigenvalue weighted by Crippen LogP contribution is 2.28. The molecule has 156 valence electrons. The van der Waals surface area contributed by atoms with Gasteiger partial charge in [-0.2, -0.15) is 21.6 Å². The Labute approximate surface area is 175 Å². The summed E-state index contributed by atoms with van der Waals surface area (Å²) in [5, 5.41) is 1.00. The van der Waals surface area contributed by atoms with Gasteiger partial charge in [0.2, 0.25) is 0 Å². The second-order valence-corrected chi connectivity index (χ2v) is 8.88. The molecule has 0 aliphatic carbocycles. The lowest BCUT2D eigenvalue weighted by Crippen LogP contribution is -2.20. The van der Waals surface area contributed by atoms with Crippen LogP contribution in [0.15, 0.2) is 36.4 Å². The summed E-state index contributed by atoms with van der Waals surface area (Å²) in [5.41, 5.74) is 1.84. The third-order valence-electron chi connectivity index (χ3n) is 4.11. The van der Waals surface area contributed by atoms with E-state index in [1.807, 2.05) is 0 Å². The van der Waals surface area contributed by atoms with Crippen molar-refractivity contribution in [2.24, 2.45) is 0 Å². The van der Waals surface area contributed by atoms with Gasteiger partial charge in [0.15, 0.2) is 0 Å². The molecule has 29 heavy (non-hydrogen) atoms. The smallest absolute Gasteiger partial charge is 0.382 e. The normalized spacial score (nSPS) is 12.5. The van der Waals surface area contributed by atoms with Crippen molar-refractivity contribution in [3.8, 4) is 5.75 Å². The summed E-state index contributed by atoms with van der Waals surface area (Å²) < 4.78 is 67.3. The summed E-state index contributed by atoms with van der Waals surface area (Å²) in [7, 11) is -4.40. The van der Waals surface area contributed by atoms with Gasteiger partial charge in [-0.1, -0.05) is 23.2 Å². The number of fused-ring (bicyclic) bond motifs is 1. The fourth-order valence-corrected chi connectivity index (χ4v) is 4.07. The minimum absolute atomic E-state index is 0.0991. The molecule has 1 aromatic heterocycles. The number of hydrogen-bond acceptors (Lipinski definition) is 4. The molecule has 0 radical (unpaired) electrons. The van der Waals surface area contributed by atoms with Crippen LogP contribution in [0.1, 0.15) is 17.8 Å². The van der Waals surface area contributed by atoms with Crippen molar-refractivity contribution in [2.75, 3.05) is 5.75 Å². The number of aryl methyl sites for hydroxylation is 1. The molecule has 0 atom stereocenters. The molecule has 0 aliphatic rings. The Balaban J connectivity index is 1.91. The Hall–Kier alpha value is -1.97. The monoisotopic (exact) mass is 466 g/mol. The maximum atomic E-state index is 12.3. The molecule has 0 spiro atoms. The molecule has 3 rings (SSSR count). The van der Waals surface area contributed by atoms with E-state index in [2.05, 4.69) is 4.98 Å². The van der Waals surface area contributed by atoms with E-state index in [0.29, 0.717) is 33.4 Å². The van der Waals surface area contributed by atoms with Crippen LogP contribution in [0.4, 0.5) is 13.2 Å². The predicted octanol–water partition coefficient (Wildman–Crippen LogP) is 5.36. The molecule has 3 aromatic rings. The Morgan fingerprint density at radius 3 is 2.55 bits per heavy atom. The molecule has 0 aliphatic heterocycles. The zero-order chi connectivity index (χ0) is 21.4. The Morgan fingerprint density at radius 2 is 1.86 bits per heavy atom. The first-order valence-electron chi connectivity index (χ1n) is 8.33. The minimum Gasteiger partial charge on any atom is -0.382 e. The molecule has 0 amide bonds. The molecule has 0 saturated carbocycles. The van der Waals surface area contributed by atoms with Gasteiger partial charge >= 0.3 is 16.3 Å². The van der Waals surface area contributed by atoms with E-state index < -0.39 is 28.5 Å². The quantitative estimate of drug-likeness (QED) is 0.458. The largest absolute Gasteiger partial charge is 0.390 e. The minimum atomic E-state index is -4.59. The first-order chi connectivity index (χ1) is 13.4. The van der Waals surface area contributed by atoms with Gasteiger partial charge in [0.05, 0.1) is 29.8 Å². The van der Waals surface area contributed by atoms with Gasteiger partial charge in [-0.25, -0.2) is 4.98 Å². The lowest BCUT2D eigenvalue weighted by molar-refractivity contribution is -0.130. The van der Waals surface area contributed by atoms with E-state index >= 15 is 0 Å². The topological polar surface area (TPSA) is 61.2 Å². The highest BCUT2D eigenvalue weighted by molar-refractivity contribution is 7.87. The van der Waals surface area contributed by atoms with E-state index in [-0.39, 0.29) is 5.75 Å². The van der Waals surface area contributed by atoms with Gasteiger partial charge in [-0.05, 0) is 42.8 Å². The molecule has 0 N–H and O–H groups in total. The standard InChI is InChI=1S/C18H15Cl2F3N2O3S/c1-11-24-16-5-3-14(28-29(26,27)7-6-18(21,22)23)9-17(16)25(11)10-12-8-13(19)2-4-15(12)20/h2-5,8-9H,6-7,10H2,1H3. The first kappa shape index (κ1) is 21.7. The van der Waals surface area contributed by atoms with Gasteiger partial charge in [0.25, 0.3) is 0 Å². The molecule has 0 saturated heterocycles. The van der Waals surface area contributed by atoms with E-state index in [0.717, 1.165) is 5.56 Å². The van der Waals surface area contributed by atoms with Crippen molar-refractivity contribution in [2.45, 2.75) is 26.1 Å². The first-order valence-corrected chi connectivity index (χ1v) is 10.7. The Kier molecular flexibility index (Phi) is 6.03. The summed E-state index contributed by atoms with van der Waals surface area (Å²) >= 11 is 12.2. The zero-order valence-electron chi connectivity index (χ0n) is 15.0. The molecule has 0 fully saturated rings. The van der Waals surface area contributed by atoms with Crippen LogP contribution < -0.4 is 4.18 Å². The number of rotatable bonds is 6. The molecule has 1 heterocycles. The van der Waals surface area contributed by atoms with Crippen molar-refractivity contribution in [3.63, 3.8) is 0 Å². The van der Waals surface area contributed by atoms with Crippen LogP contribution >= 0.6 is 23.2 Å². The van der Waals surface area contributed by atoms with E-state index in [9.17, 15) is 21.6 Å². The predicted molar refractivity (Wildman–Crippen MR) is 105 cm³/mol. The highest BCUT2D eigenvalue weighted by atomic mass is 35.5. The van der Waals surface area contributed by atoms with Crippen LogP contribution in [0.25, 0.3) is 11.0 Å². The summed E-state index contributed by atoms with van der Waals surface area (Å²) in [4.78, 5) is 4.40. The van der Waals surface area contributed by atoms with E-state index in [1.165, 1.54) is 18.2 Å². The fourth-order valence-electron chi connectivity index (χ4n) is 2.74. The molecule has 0 bridgehead atoms. The molecular formula is C18H15Cl2F3N2O3S. The van der Waals surface area contributed by atoms with Crippen LogP contribution in [0.3, 0.4) is 0 Å². The van der Waals surface area contributed by atoms with Crippen molar-refractivity contribution in [3.05, 3.63) is 57.8 Å². The van der Waals surface area contributed by atoms with Crippen molar-refractivity contribution < 1.29 is 25.8 Å². The summed E-state index contributed by atoms with van der Waals surface area (Å²) in [6, 6.07) is 9.32. The average molecular weight is 467 g/mol. The average Bonchev–Trinajstić information content (AvgIpc) is 2.91. The number of nitrogens with zero attached hydrogens (tertiary/aromatic N) is 2. The second-order valence-electron chi connectivity index (χ2n) is 6.34.